The quantitative estimate of drug-likeness (QED) is 0.937. The molecule has 3 rings (SSSR count). The van der Waals surface area contributed by atoms with Crippen LogP contribution in [0.4, 0.5) is 0 Å². The molecule has 1 aromatic heterocycles. The zero-order valence-electron chi connectivity index (χ0n) is 10.6. The predicted molar refractivity (Wildman–Crippen MR) is 73.3 cm³/mol. The van der Waals surface area contributed by atoms with Crippen molar-refractivity contribution in [2.24, 2.45) is 0 Å². The van der Waals surface area contributed by atoms with Crippen LogP contribution in [0.3, 0.4) is 0 Å². The van der Waals surface area contributed by atoms with Gasteiger partial charge in [-0.1, -0.05) is 23.7 Å². The molecule has 4 nitrogen and oxygen atoms in total. The molecule has 19 heavy (non-hydrogen) atoms. The minimum Gasteiger partial charge on any atom is -0.396 e. The maximum Gasteiger partial charge on any atom is 0.155 e. The molecule has 1 atom stereocenters. The largest absolute Gasteiger partial charge is 0.396 e. The first-order chi connectivity index (χ1) is 9.26. The van der Waals surface area contributed by atoms with Gasteiger partial charge < -0.3 is 5.11 Å². The zero-order valence-corrected chi connectivity index (χ0v) is 11.3. The van der Waals surface area contributed by atoms with E-state index in [1.165, 1.54) is 0 Å². The molecular weight excluding hydrogens is 262 g/mol. The maximum atomic E-state index is 9.37. The molecule has 0 saturated heterocycles. The van der Waals surface area contributed by atoms with E-state index in [0.717, 1.165) is 41.6 Å². The topological polar surface area (TPSA) is 50.9 Å². The van der Waals surface area contributed by atoms with Crippen LogP contribution in [0.2, 0.25) is 5.02 Å². The molecule has 100 valence electrons. The van der Waals surface area contributed by atoms with Gasteiger partial charge in [0, 0.05) is 23.9 Å². The molecule has 1 unspecified atom stereocenters. The number of aliphatic hydroxyl groups is 1. The summed E-state index contributed by atoms with van der Waals surface area (Å²) in [4.78, 5) is 4.58. The van der Waals surface area contributed by atoms with Gasteiger partial charge in [0.1, 0.15) is 5.82 Å². The summed E-state index contributed by atoms with van der Waals surface area (Å²) in [6, 6.07) is 7.75. The summed E-state index contributed by atoms with van der Waals surface area (Å²) < 4.78 is 1.93. The van der Waals surface area contributed by atoms with Gasteiger partial charge in [-0.2, -0.15) is 5.10 Å². The lowest BCUT2D eigenvalue weighted by atomic mass is 10.0. The van der Waals surface area contributed by atoms with Crippen molar-refractivity contribution in [1.29, 1.82) is 0 Å². The van der Waals surface area contributed by atoms with Crippen LogP contribution >= 0.6 is 11.6 Å². The molecule has 1 N–H and O–H groups in total. The number of nitrogens with zero attached hydrogens (tertiary/aromatic N) is 3. The number of hydrogen-bond acceptors (Lipinski definition) is 3. The fraction of sp³-hybridized carbons (Fsp3) is 0.429. The van der Waals surface area contributed by atoms with Crippen LogP contribution in [0.25, 0.3) is 0 Å². The smallest absolute Gasteiger partial charge is 0.155 e. The van der Waals surface area contributed by atoms with E-state index in [9.17, 15) is 5.11 Å². The van der Waals surface area contributed by atoms with Crippen LogP contribution in [0.5, 0.6) is 0 Å². The Morgan fingerprint density at radius 3 is 3.11 bits per heavy atom. The molecule has 0 aliphatic carbocycles. The lowest BCUT2D eigenvalue weighted by Gasteiger charge is -2.19. The summed E-state index contributed by atoms with van der Waals surface area (Å²) >= 11 is 5.98. The first kappa shape index (κ1) is 12.6. The summed E-state index contributed by atoms with van der Waals surface area (Å²) in [6.45, 7) is 1.05. The molecule has 5 heteroatoms. The van der Waals surface area contributed by atoms with Crippen molar-refractivity contribution in [3.63, 3.8) is 0 Å². The Balaban J connectivity index is 1.85. The van der Waals surface area contributed by atoms with Crippen LogP contribution < -0.4 is 0 Å². The van der Waals surface area contributed by atoms with Gasteiger partial charge in [0.15, 0.2) is 5.82 Å². The fourth-order valence-electron chi connectivity index (χ4n) is 2.56. The van der Waals surface area contributed by atoms with Crippen molar-refractivity contribution in [3.05, 3.63) is 46.5 Å². The lowest BCUT2D eigenvalue weighted by molar-refractivity contribution is 0.234. The Hall–Kier alpha value is -1.39. The molecule has 0 radical (unpaired) electrons. The van der Waals surface area contributed by atoms with Crippen molar-refractivity contribution in [3.8, 4) is 0 Å². The molecular formula is C14H16ClN3O. The minimum atomic E-state index is 0.134. The highest BCUT2D eigenvalue weighted by Crippen LogP contribution is 2.25. The molecule has 0 saturated carbocycles. The summed E-state index contributed by atoms with van der Waals surface area (Å²) in [5.74, 6) is 1.86. The van der Waals surface area contributed by atoms with Crippen LogP contribution in [0, 0.1) is 0 Å². The second-order valence-electron chi connectivity index (χ2n) is 4.94. The Kier molecular flexibility index (Phi) is 3.53. The third-order valence-electron chi connectivity index (χ3n) is 3.50. The molecule has 0 spiro atoms. The number of halogens is 1. The molecule has 1 aliphatic rings. The van der Waals surface area contributed by atoms with Crippen molar-refractivity contribution < 1.29 is 5.11 Å². The normalized spacial score (nSPS) is 18.3. The van der Waals surface area contributed by atoms with E-state index in [2.05, 4.69) is 10.1 Å². The first-order valence-corrected chi connectivity index (χ1v) is 6.93. The van der Waals surface area contributed by atoms with Gasteiger partial charge in [-0.15, -0.1) is 0 Å². The number of benzene rings is 1. The SMILES string of the molecule is OCC1CCCn2nc(Cc3cccc(Cl)c3)nc21. The van der Waals surface area contributed by atoms with Gasteiger partial charge in [-0.05, 0) is 30.5 Å². The second-order valence-corrected chi connectivity index (χ2v) is 5.37. The van der Waals surface area contributed by atoms with Crippen molar-refractivity contribution in [1.82, 2.24) is 14.8 Å². The fourth-order valence-corrected chi connectivity index (χ4v) is 2.78. The van der Waals surface area contributed by atoms with E-state index in [-0.39, 0.29) is 12.5 Å². The highest BCUT2D eigenvalue weighted by molar-refractivity contribution is 6.30. The molecule has 0 bridgehead atoms. The van der Waals surface area contributed by atoms with Gasteiger partial charge >= 0.3 is 0 Å². The standard InChI is InChI=1S/C14H16ClN3O/c15-12-5-1-3-10(7-12)8-13-16-14-11(9-19)4-2-6-18(14)17-13/h1,3,5,7,11,19H,2,4,6,8-9H2. The van der Waals surface area contributed by atoms with Crippen LogP contribution in [0.1, 0.15) is 36.0 Å². The molecule has 0 amide bonds. The van der Waals surface area contributed by atoms with Crippen molar-refractivity contribution >= 4 is 11.6 Å². The van der Waals surface area contributed by atoms with Crippen LogP contribution in [0.15, 0.2) is 24.3 Å². The van der Waals surface area contributed by atoms with Gasteiger partial charge in [0.25, 0.3) is 0 Å². The van der Waals surface area contributed by atoms with E-state index in [0.29, 0.717) is 6.42 Å². The number of aryl methyl sites for hydroxylation is 1. The van der Waals surface area contributed by atoms with Gasteiger partial charge in [0.2, 0.25) is 0 Å². The summed E-state index contributed by atoms with van der Waals surface area (Å²) in [5.41, 5.74) is 1.11. The summed E-state index contributed by atoms with van der Waals surface area (Å²) in [5, 5.41) is 14.6. The van der Waals surface area contributed by atoms with Crippen LogP contribution in [-0.2, 0) is 13.0 Å². The summed E-state index contributed by atoms with van der Waals surface area (Å²) in [7, 11) is 0. The summed E-state index contributed by atoms with van der Waals surface area (Å²) in [6.07, 6.45) is 2.72. The number of fused-ring (bicyclic) bond motifs is 1. The average Bonchev–Trinajstić information content (AvgIpc) is 2.80. The van der Waals surface area contributed by atoms with E-state index in [1.807, 2.05) is 28.9 Å². The van der Waals surface area contributed by atoms with Crippen molar-refractivity contribution in [2.75, 3.05) is 6.61 Å². The average molecular weight is 278 g/mol. The van der Waals surface area contributed by atoms with E-state index in [4.69, 9.17) is 11.6 Å². The van der Waals surface area contributed by atoms with Crippen molar-refractivity contribution in [2.45, 2.75) is 31.7 Å². The first-order valence-electron chi connectivity index (χ1n) is 6.55. The molecule has 2 aromatic rings. The highest BCUT2D eigenvalue weighted by Gasteiger charge is 2.23. The lowest BCUT2D eigenvalue weighted by Crippen LogP contribution is -2.19. The van der Waals surface area contributed by atoms with Gasteiger partial charge in [0.05, 0.1) is 6.61 Å². The Bertz CT molecular complexity index is 582. The van der Waals surface area contributed by atoms with E-state index < -0.39 is 0 Å². The van der Waals surface area contributed by atoms with Gasteiger partial charge in [-0.3, -0.25) is 0 Å². The third kappa shape index (κ3) is 2.65. The van der Waals surface area contributed by atoms with Crippen LogP contribution in [-0.4, -0.2) is 26.5 Å². The maximum absolute atomic E-state index is 9.37. The Morgan fingerprint density at radius 2 is 2.32 bits per heavy atom. The second kappa shape index (κ2) is 5.31. The monoisotopic (exact) mass is 277 g/mol. The highest BCUT2D eigenvalue weighted by atomic mass is 35.5. The number of aromatic nitrogens is 3. The number of hydrogen-bond donors (Lipinski definition) is 1. The zero-order chi connectivity index (χ0) is 13.2. The van der Waals surface area contributed by atoms with E-state index >= 15 is 0 Å². The predicted octanol–water partition coefficient (Wildman–Crippen LogP) is 2.39. The molecule has 1 aliphatic heterocycles. The number of rotatable bonds is 3. The molecule has 0 fully saturated rings. The molecule has 1 aromatic carbocycles. The van der Waals surface area contributed by atoms with E-state index in [1.54, 1.807) is 0 Å². The minimum absolute atomic E-state index is 0.134. The molecule has 2 heterocycles. The third-order valence-corrected chi connectivity index (χ3v) is 3.74. The van der Waals surface area contributed by atoms with Gasteiger partial charge in [-0.25, -0.2) is 9.67 Å². The number of aliphatic hydroxyl groups excluding tert-OH is 1. The Morgan fingerprint density at radius 1 is 1.42 bits per heavy atom. The Labute approximate surface area is 117 Å².